The van der Waals surface area contributed by atoms with Crippen LogP contribution >= 0.6 is 0 Å². The fourth-order valence-corrected chi connectivity index (χ4v) is 1.89. The molecule has 0 aliphatic rings. The Morgan fingerprint density at radius 1 is 1.47 bits per heavy atom. The fourth-order valence-electron chi connectivity index (χ4n) is 1.89. The average molecular weight is 235 g/mol. The van der Waals surface area contributed by atoms with Crippen LogP contribution in [0.2, 0.25) is 0 Å². The molecule has 0 aliphatic carbocycles. The van der Waals surface area contributed by atoms with E-state index >= 15 is 0 Å². The van der Waals surface area contributed by atoms with Crippen molar-refractivity contribution in [2.75, 3.05) is 20.1 Å². The monoisotopic (exact) mass is 235 g/mol. The van der Waals surface area contributed by atoms with Crippen LogP contribution in [0.5, 0.6) is 0 Å². The van der Waals surface area contributed by atoms with Crippen molar-refractivity contribution in [2.45, 2.75) is 6.54 Å². The van der Waals surface area contributed by atoms with Gasteiger partial charge in [-0.2, -0.15) is 0 Å². The van der Waals surface area contributed by atoms with Gasteiger partial charge < -0.3 is 15.1 Å². The van der Waals surface area contributed by atoms with Crippen molar-refractivity contribution in [1.82, 2.24) is 9.47 Å². The highest BCUT2D eigenvalue weighted by Crippen LogP contribution is 2.15. The van der Waals surface area contributed by atoms with E-state index in [1.54, 1.807) is 7.05 Å². The van der Waals surface area contributed by atoms with E-state index in [9.17, 15) is 4.79 Å². The molecular weight excluding hydrogens is 218 g/mol. The fraction of sp³-hybridized carbons (Fsp3) is 0.417. The zero-order chi connectivity index (χ0) is 12.4. The molecular formula is C12H17N3O2. The van der Waals surface area contributed by atoms with Crippen molar-refractivity contribution in [1.29, 1.82) is 0 Å². The summed E-state index contributed by atoms with van der Waals surface area (Å²) < 4.78 is 6.65. The van der Waals surface area contributed by atoms with Gasteiger partial charge >= 0.3 is 5.76 Å². The number of rotatable bonds is 4. The van der Waals surface area contributed by atoms with E-state index in [2.05, 4.69) is 4.90 Å². The average Bonchev–Trinajstić information content (AvgIpc) is 2.55. The lowest BCUT2D eigenvalue weighted by molar-refractivity contribution is 0.336. The molecule has 0 radical (unpaired) electrons. The summed E-state index contributed by atoms with van der Waals surface area (Å²) in [5.41, 5.74) is 8.06. The minimum absolute atomic E-state index is 0.326. The second-order valence-electron chi connectivity index (χ2n) is 4.26. The molecule has 1 heterocycles. The molecule has 0 saturated heterocycles. The maximum absolute atomic E-state index is 11.3. The van der Waals surface area contributed by atoms with Crippen molar-refractivity contribution >= 4 is 11.1 Å². The van der Waals surface area contributed by atoms with Gasteiger partial charge in [-0.05, 0) is 24.7 Å². The summed E-state index contributed by atoms with van der Waals surface area (Å²) in [7, 11) is 3.71. The lowest BCUT2D eigenvalue weighted by Gasteiger charge is -2.14. The first-order valence-electron chi connectivity index (χ1n) is 5.59. The molecule has 0 saturated carbocycles. The summed E-state index contributed by atoms with van der Waals surface area (Å²) in [4.78, 5) is 13.5. The third-order valence-electron chi connectivity index (χ3n) is 2.82. The molecule has 5 nitrogen and oxygen atoms in total. The highest BCUT2D eigenvalue weighted by atomic mass is 16.4. The number of aryl methyl sites for hydroxylation is 1. The van der Waals surface area contributed by atoms with Crippen molar-refractivity contribution in [3.8, 4) is 0 Å². The predicted molar refractivity (Wildman–Crippen MR) is 66.8 cm³/mol. The van der Waals surface area contributed by atoms with E-state index in [4.69, 9.17) is 10.2 Å². The molecule has 0 atom stereocenters. The summed E-state index contributed by atoms with van der Waals surface area (Å²) in [6, 6.07) is 5.82. The Bertz CT molecular complexity index is 571. The van der Waals surface area contributed by atoms with E-state index in [1.165, 1.54) is 4.57 Å². The summed E-state index contributed by atoms with van der Waals surface area (Å²) in [5, 5.41) is 0. The Balaban J connectivity index is 2.29. The Morgan fingerprint density at radius 3 is 2.94 bits per heavy atom. The third-order valence-corrected chi connectivity index (χ3v) is 2.82. The van der Waals surface area contributed by atoms with Crippen LogP contribution in [0.1, 0.15) is 5.56 Å². The zero-order valence-electron chi connectivity index (χ0n) is 10.1. The quantitative estimate of drug-likeness (QED) is 0.839. The smallest absolute Gasteiger partial charge is 0.408 e. The highest BCUT2D eigenvalue weighted by molar-refractivity contribution is 5.73. The summed E-state index contributed by atoms with van der Waals surface area (Å²) in [5.74, 6) is -0.326. The highest BCUT2D eigenvalue weighted by Gasteiger charge is 2.07. The van der Waals surface area contributed by atoms with Crippen LogP contribution in [0.25, 0.3) is 11.1 Å². The van der Waals surface area contributed by atoms with Gasteiger partial charge in [0.15, 0.2) is 5.58 Å². The van der Waals surface area contributed by atoms with Crippen LogP contribution in [-0.2, 0) is 13.6 Å². The molecule has 1 aromatic heterocycles. The van der Waals surface area contributed by atoms with Crippen molar-refractivity contribution in [3.05, 3.63) is 34.3 Å². The summed E-state index contributed by atoms with van der Waals surface area (Å²) >= 11 is 0. The Morgan fingerprint density at radius 2 is 2.24 bits per heavy atom. The van der Waals surface area contributed by atoms with E-state index in [0.717, 1.165) is 24.2 Å². The van der Waals surface area contributed by atoms with Crippen molar-refractivity contribution in [3.63, 3.8) is 0 Å². The minimum Gasteiger partial charge on any atom is -0.408 e. The van der Waals surface area contributed by atoms with Gasteiger partial charge in [0.05, 0.1) is 5.52 Å². The number of fused-ring (bicyclic) bond motifs is 1. The molecule has 2 N–H and O–H groups in total. The second kappa shape index (κ2) is 4.73. The van der Waals surface area contributed by atoms with Gasteiger partial charge in [0.25, 0.3) is 0 Å². The minimum atomic E-state index is -0.326. The summed E-state index contributed by atoms with van der Waals surface area (Å²) in [6.45, 7) is 2.28. The van der Waals surface area contributed by atoms with Gasteiger partial charge in [-0.1, -0.05) is 6.07 Å². The van der Waals surface area contributed by atoms with Gasteiger partial charge in [-0.15, -0.1) is 0 Å². The summed E-state index contributed by atoms with van der Waals surface area (Å²) in [6.07, 6.45) is 0. The maximum atomic E-state index is 11.3. The molecule has 0 spiro atoms. The standard InChI is InChI=1S/C12H17N3O2/c1-14(6-5-13)8-9-3-4-10-11(7-9)17-12(16)15(10)2/h3-4,7H,5-6,8,13H2,1-2H3. The first kappa shape index (κ1) is 11.9. The lowest BCUT2D eigenvalue weighted by Crippen LogP contribution is -2.24. The molecule has 1 aromatic carbocycles. The van der Waals surface area contributed by atoms with Crippen LogP contribution in [0.4, 0.5) is 0 Å². The van der Waals surface area contributed by atoms with Crippen molar-refractivity contribution in [2.24, 2.45) is 12.8 Å². The number of likely N-dealkylation sites (N-methyl/N-ethyl adjacent to an activating group) is 1. The SMILES string of the molecule is CN(CCN)Cc1ccc2c(c1)oc(=O)n2C. The zero-order valence-corrected chi connectivity index (χ0v) is 10.1. The van der Waals surface area contributed by atoms with Crippen LogP contribution < -0.4 is 11.5 Å². The van der Waals surface area contributed by atoms with E-state index in [0.29, 0.717) is 12.1 Å². The molecule has 0 amide bonds. The topological polar surface area (TPSA) is 64.4 Å². The number of hydrogen-bond donors (Lipinski definition) is 1. The first-order chi connectivity index (χ1) is 8.11. The lowest BCUT2D eigenvalue weighted by atomic mass is 10.2. The molecule has 0 fully saturated rings. The largest absolute Gasteiger partial charge is 0.419 e. The van der Waals surface area contributed by atoms with Gasteiger partial charge in [0, 0.05) is 26.7 Å². The Hall–Kier alpha value is -1.59. The third kappa shape index (κ3) is 2.40. The number of oxazole rings is 1. The Kier molecular flexibility index (Phi) is 3.31. The first-order valence-corrected chi connectivity index (χ1v) is 5.59. The van der Waals surface area contributed by atoms with Crippen LogP contribution in [0.15, 0.2) is 27.4 Å². The molecule has 0 aliphatic heterocycles. The molecule has 17 heavy (non-hydrogen) atoms. The predicted octanol–water partition coefficient (Wildman–Crippen LogP) is 0.522. The molecule has 2 aromatic rings. The van der Waals surface area contributed by atoms with E-state index < -0.39 is 0 Å². The molecule has 0 unspecified atom stereocenters. The number of benzene rings is 1. The van der Waals surface area contributed by atoms with E-state index in [1.807, 2.05) is 25.2 Å². The van der Waals surface area contributed by atoms with Gasteiger partial charge in [-0.25, -0.2) is 4.79 Å². The molecule has 0 bridgehead atoms. The molecule has 92 valence electrons. The van der Waals surface area contributed by atoms with E-state index in [-0.39, 0.29) is 5.76 Å². The second-order valence-corrected chi connectivity index (χ2v) is 4.26. The number of aromatic nitrogens is 1. The molecule has 2 rings (SSSR count). The molecule has 5 heteroatoms. The van der Waals surface area contributed by atoms with Crippen molar-refractivity contribution < 1.29 is 4.42 Å². The Labute approximate surface area is 99.4 Å². The van der Waals surface area contributed by atoms with Gasteiger partial charge in [0.1, 0.15) is 0 Å². The normalized spacial score (nSPS) is 11.5. The number of nitrogens with zero attached hydrogens (tertiary/aromatic N) is 2. The van der Waals surface area contributed by atoms with Gasteiger partial charge in [-0.3, -0.25) is 4.57 Å². The number of hydrogen-bond acceptors (Lipinski definition) is 4. The van der Waals surface area contributed by atoms with Crippen LogP contribution in [-0.4, -0.2) is 29.6 Å². The van der Waals surface area contributed by atoms with Crippen LogP contribution in [0.3, 0.4) is 0 Å². The van der Waals surface area contributed by atoms with Gasteiger partial charge in [0.2, 0.25) is 0 Å². The van der Waals surface area contributed by atoms with Crippen LogP contribution in [0, 0.1) is 0 Å². The number of nitrogens with two attached hydrogens (primary N) is 1. The maximum Gasteiger partial charge on any atom is 0.419 e.